The fourth-order valence-electron chi connectivity index (χ4n) is 3.93. The van der Waals surface area contributed by atoms with Gasteiger partial charge in [-0.2, -0.15) is 0 Å². The van der Waals surface area contributed by atoms with Crippen LogP contribution in [0.1, 0.15) is 25.7 Å². The number of carbonyl (C=O) groups is 3. The summed E-state index contributed by atoms with van der Waals surface area (Å²) in [6.07, 6.45) is 1.98. The van der Waals surface area contributed by atoms with E-state index in [0.29, 0.717) is 48.6 Å². The Morgan fingerprint density at radius 2 is 1.70 bits per heavy atom. The molecule has 2 aliphatic rings. The van der Waals surface area contributed by atoms with Gasteiger partial charge in [-0.1, -0.05) is 12.1 Å². The number of imide groups is 1. The van der Waals surface area contributed by atoms with Crippen molar-refractivity contribution in [2.24, 2.45) is 5.92 Å². The van der Waals surface area contributed by atoms with Crippen LogP contribution < -0.4 is 25.4 Å². The van der Waals surface area contributed by atoms with Gasteiger partial charge in [0.1, 0.15) is 11.3 Å². The monoisotopic (exact) mass is 409 g/mol. The van der Waals surface area contributed by atoms with Gasteiger partial charge >= 0.3 is 6.03 Å². The van der Waals surface area contributed by atoms with Gasteiger partial charge in [-0.15, -0.1) is 0 Å². The highest BCUT2D eigenvalue weighted by Crippen LogP contribution is 2.35. The Kier molecular flexibility index (Phi) is 5.31. The average Bonchev–Trinajstić information content (AvgIpc) is 3.02. The maximum atomic E-state index is 12.6. The van der Waals surface area contributed by atoms with E-state index in [1.807, 2.05) is 24.3 Å². The topological polar surface area (TPSA) is 106 Å². The fourth-order valence-corrected chi connectivity index (χ4v) is 3.93. The van der Waals surface area contributed by atoms with E-state index in [1.165, 1.54) is 0 Å². The standard InChI is InChI=1S/C22H23N3O5/c1-29-17-4-2-3-5-18(17)30-16-8-6-15(7-9-16)23-19(26)14-10-12-22(13-11-14)20(27)24-21(28)25-22/h2-9,14H,10-13H2,1H3,(H,23,26)(H2,24,25,27,28). The van der Waals surface area contributed by atoms with Gasteiger partial charge < -0.3 is 20.1 Å². The molecule has 8 heteroatoms. The quantitative estimate of drug-likeness (QED) is 0.658. The molecule has 2 fully saturated rings. The number of ether oxygens (including phenoxy) is 2. The molecule has 1 heterocycles. The van der Waals surface area contributed by atoms with E-state index in [-0.39, 0.29) is 17.7 Å². The summed E-state index contributed by atoms with van der Waals surface area (Å²) < 4.78 is 11.1. The molecule has 8 nitrogen and oxygen atoms in total. The van der Waals surface area contributed by atoms with Gasteiger partial charge in [-0.3, -0.25) is 14.9 Å². The highest BCUT2D eigenvalue weighted by atomic mass is 16.5. The predicted molar refractivity (Wildman–Crippen MR) is 110 cm³/mol. The first kappa shape index (κ1) is 19.8. The molecule has 156 valence electrons. The number of urea groups is 1. The molecule has 1 saturated heterocycles. The summed E-state index contributed by atoms with van der Waals surface area (Å²) in [6, 6.07) is 14.0. The van der Waals surface area contributed by atoms with Gasteiger partial charge in [-0.05, 0) is 62.1 Å². The third-order valence-electron chi connectivity index (χ3n) is 5.64. The van der Waals surface area contributed by atoms with E-state index in [4.69, 9.17) is 9.47 Å². The summed E-state index contributed by atoms with van der Waals surface area (Å²) in [6.45, 7) is 0. The molecule has 3 N–H and O–H groups in total. The largest absolute Gasteiger partial charge is 0.493 e. The summed E-state index contributed by atoms with van der Waals surface area (Å²) in [7, 11) is 1.58. The van der Waals surface area contributed by atoms with Crippen LogP contribution in [0, 0.1) is 5.92 Å². The molecular formula is C22H23N3O5. The van der Waals surface area contributed by atoms with Crippen molar-refractivity contribution in [3.05, 3.63) is 48.5 Å². The van der Waals surface area contributed by atoms with Gasteiger partial charge in [0, 0.05) is 11.6 Å². The number of amides is 4. The normalized spacial score (nSPS) is 22.9. The third kappa shape index (κ3) is 3.94. The van der Waals surface area contributed by atoms with Crippen LogP contribution in [0.15, 0.2) is 48.5 Å². The van der Waals surface area contributed by atoms with Crippen LogP contribution in [-0.4, -0.2) is 30.5 Å². The lowest BCUT2D eigenvalue weighted by Gasteiger charge is -2.33. The molecule has 0 bridgehead atoms. The summed E-state index contributed by atoms with van der Waals surface area (Å²) >= 11 is 0. The molecule has 30 heavy (non-hydrogen) atoms. The second-order valence-corrected chi connectivity index (χ2v) is 7.53. The highest BCUT2D eigenvalue weighted by Gasteiger charge is 2.48. The number of carbonyl (C=O) groups excluding carboxylic acids is 3. The van der Waals surface area contributed by atoms with Crippen molar-refractivity contribution in [3.8, 4) is 17.2 Å². The van der Waals surface area contributed by atoms with Crippen LogP contribution >= 0.6 is 0 Å². The van der Waals surface area contributed by atoms with Gasteiger partial charge in [0.15, 0.2) is 11.5 Å². The Hall–Kier alpha value is -3.55. The number of anilines is 1. The molecule has 4 amide bonds. The zero-order valence-corrected chi connectivity index (χ0v) is 16.6. The molecule has 2 aromatic carbocycles. The van der Waals surface area contributed by atoms with Gasteiger partial charge in [0.25, 0.3) is 5.91 Å². The predicted octanol–water partition coefficient (Wildman–Crippen LogP) is 3.19. The third-order valence-corrected chi connectivity index (χ3v) is 5.64. The van der Waals surface area contributed by atoms with Crippen molar-refractivity contribution in [1.82, 2.24) is 10.6 Å². The maximum Gasteiger partial charge on any atom is 0.322 e. The molecule has 1 spiro atoms. The van der Waals surface area contributed by atoms with Gasteiger partial charge in [0.2, 0.25) is 5.91 Å². The number of nitrogens with one attached hydrogen (secondary N) is 3. The lowest BCUT2D eigenvalue weighted by Crippen LogP contribution is -2.50. The molecule has 2 aromatic rings. The van der Waals surface area contributed by atoms with E-state index >= 15 is 0 Å². The van der Waals surface area contributed by atoms with E-state index < -0.39 is 11.6 Å². The Morgan fingerprint density at radius 1 is 1.03 bits per heavy atom. The molecule has 4 rings (SSSR count). The van der Waals surface area contributed by atoms with E-state index in [9.17, 15) is 14.4 Å². The van der Waals surface area contributed by atoms with Crippen LogP contribution in [0.5, 0.6) is 17.2 Å². The fraction of sp³-hybridized carbons (Fsp3) is 0.318. The van der Waals surface area contributed by atoms with Crippen LogP contribution in [0.25, 0.3) is 0 Å². The van der Waals surface area contributed by atoms with E-state index in [0.717, 1.165) is 0 Å². The number of hydrogen-bond donors (Lipinski definition) is 3. The molecule has 0 atom stereocenters. The second-order valence-electron chi connectivity index (χ2n) is 7.53. The molecule has 1 saturated carbocycles. The SMILES string of the molecule is COc1ccccc1Oc1ccc(NC(=O)C2CCC3(CC2)NC(=O)NC3=O)cc1. The smallest absolute Gasteiger partial charge is 0.322 e. The highest BCUT2D eigenvalue weighted by molar-refractivity contribution is 6.07. The van der Waals surface area contributed by atoms with Crippen molar-refractivity contribution in [3.63, 3.8) is 0 Å². The molecule has 1 aliphatic heterocycles. The Balaban J connectivity index is 1.33. The summed E-state index contributed by atoms with van der Waals surface area (Å²) in [5.74, 6) is 1.28. The summed E-state index contributed by atoms with van der Waals surface area (Å²) in [4.78, 5) is 36.1. The van der Waals surface area contributed by atoms with Crippen LogP contribution in [0.4, 0.5) is 10.5 Å². The van der Waals surface area contributed by atoms with Crippen LogP contribution in [0.3, 0.4) is 0 Å². The number of methoxy groups -OCH3 is 1. The van der Waals surface area contributed by atoms with Crippen molar-refractivity contribution in [2.45, 2.75) is 31.2 Å². The van der Waals surface area contributed by atoms with Gasteiger partial charge in [0.05, 0.1) is 7.11 Å². The van der Waals surface area contributed by atoms with Crippen molar-refractivity contribution >= 4 is 23.5 Å². The maximum absolute atomic E-state index is 12.6. The first-order valence-electron chi connectivity index (χ1n) is 9.84. The van der Waals surface area contributed by atoms with E-state index in [1.54, 1.807) is 31.4 Å². The Labute approximate surface area is 173 Å². The molecule has 0 unspecified atom stereocenters. The number of para-hydroxylation sites is 2. The second kappa shape index (κ2) is 8.06. The van der Waals surface area contributed by atoms with Crippen molar-refractivity contribution in [2.75, 3.05) is 12.4 Å². The summed E-state index contributed by atoms with van der Waals surface area (Å²) in [5, 5.41) is 7.91. The number of benzene rings is 2. The minimum Gasteiger partial charge on any atom is -0.493 e. The van der Waals surface area contributed by atoms with Crippen molar-refractivity contribution < 1.29 is 23.9 Å². The molecule has 1 aliphatic carbocycles. The summed E-state index contributed by atoms with van der Waals surface area (Å²) in [5.41, 5.74) is -0.190. The molecule has 0 aromatic heterocycles. The first-order valence-corrected chi connectivity index (χ1v) is 9.84. The molecule has 0 radical (unpaired) electrons. The lowest BCUT2D eigenvalue weighted by molar-refractivity contribution is -0.128. The van der Waals surface area contributed by atoms with Crippen LogP contribution in [-0.2, 0) is 9.59 Å². The minimum absolute atomic E-state index is 0.0898. The number of hydrogen-bond acceptors (Lipinski definition) is 5. The van der Waals surface area contributed by atoms with Gasteiger partial charge in [-0.25, -0.2) is 4.79 Å². The van der Waals surface area contributed by atoms with Crippen molar-refractivity contribution in [1.29, 1.82) is 0 Å². The Morgan fingerprint density at radius 3 is 2.30 bits per heavy atom. The van der Waals surface area contributed by atoms with E-state index in [2.05, 4.69) is 16.0 Å². The minimum atomic E-state index is -0.856. The average molecular weight is 409 g/mol. The van der Waals surface area contributed by atoms with Crippen LogP contribution in [0.2, 0.25) is 0 Å². The first-order chi connectivity index (χ1) is 14.5. The molecular weight excluding hydrogens is 386 g/mol. The Bertz CT molecular complexity index is 965. The zero-order valence-electron chi connectivity index (χ0n) is 16.6. The zero-order chi connectivity index (χ0) is 21.1. The lowest BCUT2D eigenvalue weighted by atomic mass is 9.76. The number of rotatable bonds is 5.